The molecular formula is C11H17FO. The van der Waals surface area contributed by atoms with Crippen molar-refractivity contribution < 1.29 is 9.13 Å². The van der Waals surface area contributed by atoms with Gasteiger partial charge >= 0.3 is 0 Å². The number of ether oxygens (including phenoxy) is 1. The summed E-state index contributed by atoms with van der Waals surface area (Å²) >= 11 is 0. The summed E-state index contributed by atoms with van der Waals surface area (Å²) in [6.45, 7) is 6.73. The van der Waals surface area contributed by atoms with Gasteiger partial charge in [-0.25, -0.2) is 4.39 Å². The van der Waals surface area contributed by atoms with E-state index in [9.17, 15) is 4.39 Å². The zero-order valence-corrected chi connectivity index (χ0v) is 8.51. The highest BCUT2D eigenvalue weighted by Gasteiger charge is 2.13. The number of hydrogen-bond donors (Lipinski definition) is 0. The molecule has 0 N–H and O–H groups in total. The van der Waals surface area contributed by atoms with Gasteiger partial charge in [0, 0.05) is 6.42 Å². The third-order valence-electron chi connectivity index (χ3n) is 1.83. The van der Waals surface area contributed by atoms with Crippen molar-refractivity contribution in [3.63, 3.8) is 0 Å². The van der Waals surface area contributed by atoms with Gasteiger partial charge in [0.25, 0.3) is 0 Å². The number of alkyl halides is 1. The van der Waals surface area contributed by atoms with Gasteiger partial charge in [-0.05, 0) is 30.6 Å². The molecule has 1 nitrogen and oxygen atoms in total. The van der Waals surface area contributed by atoms with Crippen molar-refractivity contribution in [3.8, 4) is 0 Å². The van der Waals surface area contributed by atoms with E-state index in [1.165, 1.54) is 0 Å². The SMILES string of the molecule is CC1=CC(F)CC(OCC(C)C)=C1. The van der Waals surface area contributed by atoms with E-state index < -0.39 is 6.17 Å². The molecule has 0 radical (unpaired) electrons. The Hall–Kier alpha value is -0.790. The maximum atomic E-state index is 13.0. The molecule has 0 bridgehead atoms. The number of rotatable bonds is 3. The molecule has 1 rings (SSSR count). The Morgan fingerprint density at radius 3 is 2.85 bits per heavy atom. The quantitative estimate of drug-likeness (QED) is 0.654. The van der Waals surface area contributed by atoms with Gasteiger partial charge in [0.15, 0.2) is 0 Å². The number of allylic oxidation sites excluding steroid dienone is 4. The summed E-state index contributed by atoms with van der Waals surface area (Å²) in [6.07, 6.45) is 3.07. The topological polar surface area (TPSA) is 9.23 Å². The van der Waals surface area contributed by atoms with Crippen molar-refractivity contribution in [2.45, 2.75) is 33.4 Å². The zero-order chi connectivity index (χ0) is 9.84. The van der Waals surface area contributed by atoms with E-state index in [1.54, 1.807) is 6.08 Å². The van der Waals surface area contributed by atoms with Gasteiger partial charge in [-0.1, -0.05) is 13.8 Å². The van der Waals surface area contributed by atoms with E-state index in [0.717, 1.165) is 11.3 Å². The van der Waals surface area contributed by atoms with E-state index >= 15 is 0 Å². The fourth-order valence-corrected chi connectivity index (χ4v) is 1.27. The van der Waals surface area contributed by atoms with Crippen molar-refractivity contribution >= 4 is 0 Å². The Bertz CT molecular complexity index is 228. The maximum absolute atomic E-state index is 13.0. The standard InChI is InChI=1S/C11H17FO/c1-8(2)7-13-11-5-9(3)4-10(12)6-11/h4-5,8,10H,6-7H2,1-3H3. The van der Waals surface area contributed by atoms with E-state index in [-0.39, 0.29) is 0 Å². The largest absolute Gasteiger partial charge is 0.498 e. The van der Waals surface area contributed by atoms with Crippen molar-refractivity contribution in [2.24, 2.45) is 5.92 Å². The molecule has 74 valence electrons. The van der Waals surface area contributed by atoms with E-state index in [0.29, 0.717) is 18.9 Å². The first-order valence-corrected chi connectivity index (χ1v) is 4.74. The highest BCUT2D eigenvalue weighted by atomic mass is 19.1. The molecule has 0 aromatic heterocycles. The predicted octanol–water partition coefficient (Wildman–Crippen LogP) is 3.23. The fraction of sp³-hybridized carbons (Fsp3) is 0.636. The molecule has 0 aromatic carbocycles. The van der Waals surface area contributed by atoms with Gasteiger partial charge in [-0.2, -0.15) is 0 Å². The first-order valence-electron chi connectivity index (χ1n) is 4.74. The van der Waals surface area contributed by atoms with Crippen LogP contribution in [0.1, 0.15) is 27.2 Å². The van der Waals surface area contributed by atoms with Crippen molar-refractivity contribution in [2.75, 3.05) is 6.61 Å². The molecule has 0 saturated heterocycles. The minimum absolute atomic E-state index is 0.393. The summed E-state index contributed by atoms with van der Waals surface area (Å²) < 4.78 is 18.5. The van der Waals surface area contributed by atoms with Gasteiger partial charge in [0.2, 0.25) is 0 Å². The van der Waals surface area contributed by atoms with Crippen molar-refractivity contribution in [1.29, 1.82) is 0 Å². The van der Waals surface area contributed by atoms with Gasteiger partial charge in [-0.15, -0.1) is 0 Å². The third kappa shape index (κ3) is 3.62. The molecule has 1 atom stereocenters. The summed E-state index contributed by atoms with van der Waals surface area (Å²) in [6, 6.07) is 0. The average molecular weight is 184 g/mol. The van der Waals surface area contributed by atoms with Crippen LogP contribution in [0.15, 0.2) is 23.5 Å². The molecule has 1 aliphatic rings. The molecule has 1 aliphatic carbocycles. The van der Waals surface area contributed by atoms with Crippen molar-refractivity contribution in [3.05, 3.63) is 23.5 Å². The van der Waals surface area contributed by atoms with Gasteiger partial charge in [0.05, 0.1) is 12.4 Å². The Labute approximate surface area is 79.3 Å². The Morgan fingerprint density at radius 1 is 1.62 bits per heavy atom. The second-order valence-electron chi connectivity index (χ2n) is 3.95. The van der Waals surface area contributed by atoms with Crippen LogP contribution in [0.3, 0.4) is 0 Å². The first-order chi connectivity index (χ1) is 6.08. The molecule has 2 heteroatoms. The molecule has 0 aliphatic heterocycles. The van der Waals surface area contributed by atoms with Crippen LogP contribution in [-0.4, -0.2) is 12.8 Å². The smallest absolute Gasteiger partial charge is 0.126 e. The number of halogens is 1. The summed E-state index contributed by atoms with van der Waals surface area (Å²) in [5.74, 6) is 1.27. The van der Waals surface area contributed by atoms with E-state index in [2.05, 4.69) is 13.8 Å². The van der Waals surface area contributed by atoms with Crippen LogP contribution < -0.4 is 0 Å². The van der Waals surface area contributed by atoms with Crippen LogP contribution in [0.4, 0.5) is 4.39 Å². The minimum Gasteiger partial charge on any atom is -0.498 e. The zero-order valence-electron chi connectivity index (χ0n) is 8.51. The average Bonchev–Trinajstić information content (AvgIpc) is 1.99. The van der Waals surface area contributed by atoms with Crippen LogP contribution in [0.5, 0.6) is 0 Å². The highest BCUT2D eigenvalue weighted by Crippen LogP contribution is 2.21. The molecule has 13 heavy (non-hydrogen) atoms. The number of hydrogen-bond acceptors (Lipinski definition) is 1. The molecule has 0 amide bonds. The Kier molecular flexibility index (Phi) is 3.52. The molecule has 0 spiro atoms. The highest BCUT2D eigenvalue weighted by molar-refractivity contribution is 5.25. The fourth-order valence-electron chi connectivity index (χ4n) is 1.27. The van der Waals surface area contributed by atoms with E-state index in [4.69, 9.17) is 4.74 Å². The van der Waals surface area contributed by atoms with Crippen LogP contribution >= 0.6 is 0 Å². The summed E-state index contributed by atoms with van der Waals surface area (Å²) in [4.78, 5) is 0. The minimum atomic E-state index is -0.868. The molecular weight excluding hydrogens is 167 g/mol. The predicted molar refractivity (Wildman–Crippen MR) is 52.1 cm³/mol. The van der Waals surface area contributed by atoms with Crippen LogP contribution in [0, 0.1) is 5.92 Å². The molecule has 0 heterocycles. The Balaban J connectivity index is 2.46. The van der Waals surface area contributed by atoms with Crippen LogP contribution in [0.2, 0.25) is 0 Å². The normalized spacial score (nSPS) is 22.7. The molecule has 0 aromatic rings. The molecule has 0 fully saturated rings. The summed E-state index contributed by atoms with van der Waals surface area (Å²) in [7, 11) is 0. The lowest BCUT2D eigenvalue weighted by atomic mass is 10.1. The van der Waals surface area contributed by atoms with Crippen molar-refractivity contribution in [1.82, 2.24) is 0 Å². The lowest BCUT2D eigenvalue weighted by Crippen LogP contribution is -2.09. The second-order valence-corrected chi connectivity index (χ2v) is 3.95. The summed E-state index contributed by atoms with van der Waals surface area (Å²) in [5.41, 5.74) is 0.956. The van der Waals surface area contributed by atoms with Gasteiger partial charge in [0.1, 0.15) is 6.17 Å². The summed E-state index contributed by atoms with van der Waals surface area (Å²) in [5, 5.41) is 0. The molecule has 0 saturated carbocycles. The third-order valence-corrected chi connectivity index (χ3v) is 1.83. The Morgan fingerprint density at radius 2 is 2.31 bits per heavy atom. The van der Waals surface area contributed by atoms with Gasteiger partial charge < -0.3 is 4.74 Å². The maximum Gasteiger partial charge on any atom is 0.126 e. The first kappa shape index (κ1) is 10.3. The molecule has 1 unspecified atom stereocenters. The second kappa shape index (κ2) is 4.45. The van der Waals surface area contributed by atoms with Crippen LogP contribution in [0.25, 0.3) is 0 Å². The monoisotopic (exact) mass is 184 g/mol. The van der Waals surface area contributed by atoms with Gasteiger partial charge in [-0.3, -0.25) is 0 Å². The lowest BCUT2D eigenvalue weighted by Gasteiger charge is -2.17. The van der Waals surface area contributed by atoms with E-state index in [1.807, 2.05) is 13.0 Å². The lowest BCUT2D eigenvalue weighted by molar-refractivity contribution is 0.159. The van der Waals surface area contributed by atoms with Crippen LogP contribution in [-0.2, 0) is 4.74 Å².